The number of nitriles is 1. The Labute approximate surface area is 170 Å². The number of carbonyl (C=O) groups is 1. The molecule has 2 heterocycles. The molecule has 0 bridgehead atoms. The van der Waals surface area contributed by atoms with Gasteiger partial charge in [0, 0.05) is 13.1 Å². The van der Waals surface area contributed by atoms with E-state index in [9.17, 15) is 13.2 Å². The first-order valence-electron chi connectivity index (χ1n) is 9.33. The van der Waals surface area contributed by atoms with Crippen LogP contribution >= 0.6 is 0 Å². The molecule has 1 aliphatic heterocycles. The Bertz CT molecular complexity index is 1010. The van der Waals surface area contributed by atoms with Gasteiger partial charge in [-0.05, 0) is 62.9 Å². The van der Waals surface area contributed by atoms with Crippen molar-refractivity contribution in [3.8, 4) is 6.07 Å². The highest BCUT2D eigenvalue weighted by Crippen LogP contribution is 2.38. The molecular formula is C20H23N5O3S. The first kappa shape index (κ1) is 20.7. The van der Waals surface area contributed by atoms with Crippen molar-refractivity contribution in [3.05, 3.63) is 48.3 Å². The summed E-state index contributed by atoms with van der Waals surface area (Å²) in [5.41, 5.74) is 0.987. The zero-order valence-corrected chi connectivity index (χ0v) is 17.2. The van der Waals surface area contributed by atoms with E-state index in [2.05, 4.69) is 15.5 Å². The first-order chi connectivity index (χ1) is 13.8. The normalized spacial score (nSPS) is 15.6. The van der Waals surface area contributed by atoms with Crippen molar-refractivity contribution < 1.29 is 13.2 Å². The second-order valence-electron chi connectivity index (χ2n) is 7.57. The number of hydrogen-bond donors (Lipinski definition) is 1. The fraction of sp³-hybridized carbons (Fsp3) is 0.400. The van der Waals surface area contributed by atoms with E-state index in [0.29, 0.717) is 37.2 Å². The topological polar surface area (TPSA) is 116 Å². The predicted octanol–water partition coefficient (Wildman–Crippen LogP) is 2.84. The Morgan fingerprint density at radius 1 is 1.17 bits per heavy atom. The minimum absolute atomic E-state index is 0.0882. The number of carbonyl (C=O) groups excluding carboxylic acids is 1. The third-order valence-electron chi connectivity index (χ3n) is 5.59. The summed E-state index contributed by atoms with van der Waals surface area (Å²) in [6.07, 6.45) is 4.14. The van der Waals surface area contributed by atoms with Gasteiger partial charge in [0.15, 0.2) is 9.84 Å². The molecule has 3 rings (SSSR count). The van der Waals surface area contributed by atoms with E-state index in [-0.39, 0.29) is 16.8 Å². The lowest BCUT2D eigenvalue weighted by molar-refractivity contribution is 0.171. The fourth-order valence-corrected chi connectivity index (χ4v) is 5.35. The number of likely N-dealkylation sites (tertiary alicyclic amines) is 1. The van der Waals surface area contributed by atoms with Gasteiger partial charge in [-0.2, -0.15) is 15.5 Å². The first-order valence-corrected chi connectivity index (χ1v) is 10.8. The minimum atomic E-state index is -3.59. The summed E-state index contributed by atoms with van der Waals surface area (Å²) in [7, 11) is -3.59. The van der Waals surface area contributed by atoms with E-state index in [1.165, 1.54) is 36.7 Å². The van der Waals surface area contributed by atoms with Crippen molar-refractivity contribution in [2.75, 3.05) is 18.4 Å². The van der Waals surface area contributed by atoms with Crippen LogP contribution in [0, 0.1) is 17.2 Å². The monoisotopic (exact) mass is 413 g/mol. The van der Waals surface area contributed by atoms with E-state index in [1.54, 1.807) is 24.8 Å². The largest absolute Gasteiger partial charge is 0.325 e. The van der Waals surface area contributed by atoms with Crippen LogP contribution in [0.2, 0.25) is 0 Å². The Balaban J connectivity index is 1.67. The van der Waals surface area contributed by atoms with Crippen molar-refractivity contribution in [2.45, 2.75) is 36.3 Å². The Morgan fingerprint density at radius 3 is 2.38 bits per heavy atom. The van der Waals surface area contributed by atoms with Crippen LogP contribution in [-0.2, 0) is 9.84 Å². The summed E-state index contributed by atoms with van der Waals surface area (Å²) in [6.45, 7) is 4.43. The maximum absolute atomic E-state index is 13.2. The van der Waals surface area contributed by atoms with Crippen LogP contribution < -0.4 is 5.32 Å². The van der Waals surface area contributed by atoms with Crippen LogP contribution in [0.3, 0.4) is 0 Å². The highest BCUT2D eigenvalue weighted by Gasteiger charge is 2.44. The van der Waals surface area contributed by atoms with E-state index in [0.717, 1.165) is 0 Å². The SMILES string of the molecule is CC(C)(C1CCN(C(=O)Nc2ccnnc2)CC1)S(=O)(=O)c1ccc(C#N)cc1. The van der Waals surface area contributed by atoms with E-state index < -0.39 is 14.6 Å². The van der Waals surface area contributed by atoms with Gasteiger partial charge in [-0.1, -0.05) is 0 Å². The van der Waals surface area contributed by atoms with Gasteiger partial charge in [0.05, 0.1) is 39.4 Å². The Kier molecular flexibility index (Phi) is 5.84. The lowest BCUT2D eigenvalue weighted by Crippen LogP contribution is -2.48. The van der Waals surface area contributed by atoms with Crippen molar-refractivity contribution >= 4 is 21.6 Å². The molecule has 2 amide bonds. The van der Waals surface area contributed by atoms with E-state index in [1.807, 2.05) is 6.07 Å². The molecule has 1 aliphatic rings. The fourth-order valence-electron chi connectivity index (χ4n) is 3.58. The quantitative estimate of drug-likeness (QED) is 0.824. The maximum Gasteiger partial charge on any atom is 0.321 e. The lowest BCUT2D eigenvalue weighted by Gasteiger charge is -2.40. The number of benzene rings is 1. The number of piperidine rings is 1. The van der Waals surface area contributed by atoms with Crippen molar-refractivity contribution in [3.63, 3.8) is 0 Å². The summed E-state index contributed by atoms with van der Waals surface area (Å²) < 4.78 is 25.5. The number of hydrogen-bond acceptors (Lipinski definition) is 6. The summed E-state index contributed by atoms with van der Waals surface area (Å²) in [4.78, 5) is 14.3. The van der Waals surface area contributed by atoms with Crippen LogP contribution in [-0.4, -0.2) is 47.4 Å². The summed E-state index contributed by atoms with van der Waals surface area (Å²) >= 11 is 0. The lowest BCUT2D eigenvalue weighted by atomic mass is 9.86. The van der Waals surface area contributed by atoms with Crippen LogP contribution in [0.1, 0.15) is 32.3 Å². The molecule has 1 saturated heterocycles. The number of nitrogens with zero attached hydrogens (tertiary/aromatic N) is 4. The zero-order valence-electron chi connectivity index (χ0n) is 16.4. The third-order valence-corrected chi connectivity index (χ3v) is 8.20. The number of sulfone groups is 1. The van der Waals surface area contributed by atoms with Gasteiger partial charge in [-0.3, -0.25) is 0 Å². The minimum Gasteiger partial charge on any atom is -0.325 e. The van der Waals surface area contributed by atoms with Crippen LogP contribution in [0.4, 0.5) is 10.5 Å². The molecule has 2 aromatic rings. The maximum atomic E-state index is 13.2. The van der Waals surface area contributed by atoms with Crippen LogP contribution in [0.15, 0.2) is 47.6 Å². The molecule has 0 spiro atoms. The van der Waals surface area contributed by atoms with Gasteiger partial charge >= 0.3 is 6.03 Å². The number of aromatic nitrogens is 2. The summed E-state index contributed by atoms with van der Waals surface area (Å²) in [5.74, 6) is -0.0882. The van der Waals surface area contributed by atoms with E-state index >= 15 is 0 Å². The summed E-state index contributed by atoms with van der Waals surface area (Å²) in [6, 6.07) is 9.43. The Hall–Kier alpha value is -2.99. The molecule has 0 unspecified atom stereocenters. The van der Waals surface area contributed by atoms with E-state index in [4.69, 9.17) is 5.26 Å². The molecule has 0 radical (unpaired) electrons. The number of nitrogens with one attached hydrogen (secondary N) is 1. The average Bonchev–Trinajstić information content (AvgIpc) is 2.74. The van der Waals surface area contributed by atoms with Gasteiger partial charge in [0.25, 0.3) is 0 Å². The predicted molar refractivity (Wildman–Crippen MR) is 108 cm³/mol. The van der Waals surface area contributed by atoms with Gasteiger partial charge < -0.3 is 10.2 Å². The average molecular weight is 414 g/mol. The molecule has 29 heavy (non-hydrogen) atoms. The highest BCUT2D eigenvalue weighted by molar-refractivity contribution is 7.92. The molecular weight excluding hydrogens is 390 g/mol. The number of rotatable bonds is 4. The van der Waals surface area contributed by atoms with Crippen molar-refractivity contribution in [1.29, 1.82) is 5.26 Å². The van der Waals surface area contributed by atoms with Crippen LogP contribution in [0.5, 0.6) is 0 Å². The highest BCUT2D eigenvalue weighted by atomic mass is 32.2. The Morgan fingerprint density at radius 2 is 1.83 bits per heavy atom. The molecule has 9 heteroatoms. The second kappa shape index (κ2) is 8.17. The third kappa shape index (κ3) is 4.22. The van der Waals surface area contributed by atoms with Gasteiger partial charge in [0.2, 0.25) is 0 Å². The van der Waals surface area contributed by atoms with Crippen molar-refractivity contribution in [2.24, 2.45) is 5.92 Å². The molecule has 0 aliphatic carbocycles. The molecule has 1 aromatic carbocycles. The molecule has 8 nitrogen and oxygen atoms in total. The number of urea groups is 1. The molecule has 1 aromatic heterocycles. The molecule has 0 saturated carbocycles. The molecule has 1 N–H and O–H groups in total. The number of anilines is 1. The second-order valence-corrected chi connectivity index (χ2v) is 10.1. The molecule has 0 atom stereocenters. The smallest absolute Gasteiger partial charge is 0.321 e. The number of amides is 2. The molecule has 1 fully saturated rings. The van der Waals surface area contributed by atoms with Crippen LogP contribution in [0.25, 0.3) is 0 Å². The standard InChI is InChI=1S/C20H23N5O3S/c1-20(2,29(27,28)18-5-3-15(13-21)4-6-18)16-8-11-25(12-9-16)19(26)24-17-7-10-22-23-14-17/h3-7,10,14,16H,8-9,11-12H2,1-2H3,(H,22,24,26). The zero-order chi connectivity index (χ0) is 21.1. The van der Waals surface area contributed by atoms with Crippen molar-refractivity contribution in [1.82, 2.24) is 15.1 Å². The van der Waals surface area contributed by atoms with Gasteiger partial charge in [-0.15, -0.1) is 0 Å². The summed E-state index contributed by atoms with van der Waals surface area (Å²) in [5, 5.41) is 19.1. The molecule has 152 valence electrons. The van der Waals surface area contributed by atoms with Gasteiger partial charge in [-0.25, -0.2) is 13.2 Å². The van der Waals surface area contributed by atoms with Gasteiger partial charge in [0.1, 0.15) is 0 Å².